The van der Waals surface area contributed by atoms with E-state index < -0.39 is 6.10 Å². The Morgan fingerprint density at radius 2 is 1.93 bits per heavy atom. The third-order valence-corrected chi connectivity index (χ3v) is 3.08. The molecule has 2 unspecified atom stereocenters. The van der Waals surface area contributed by atoms with Gasteiger partial charge in [0.15, 0.2) is 0 Å². The molecule has 84 valence electrons. The van der Waals surface area contributed by atoms with Gasteiger partial charge in [-0.15, -0.1) is 0 Å². The molecular weight excluding hydrogens is 180 g/mol. The van der Waals surface area contributed by atoms with Gasteiger partial charge >= 0.3 is 0 Å². The lowest BCUT2D eigenvalue weighted by molar-refractivity contribution is -0.0470. The summed E-state index contributed by atoms with van der Waals surface area (Å²) in [4.78, 5) is 0. The van der Waals surface area contributed by atoms with Gasteiger partial charge in [-0.05, 0) is 25.7 Å². The highest BCUT2D eigenvalue weighted by Crippen LogP contribution is 2.27. The SMILES string of the molecule is CC(OCC(O)CO)C1CCCCC1. The number of hydrogen-bond acceptors (Lipinski definition) is 3. The predicted molar refractivity (Wildman–Crippen MR) is 55.1 cm³/mol. The molecule has 1 rings (SSSR count). The van der Waals surface area contributed by atoms with E-state index in [1.54, 1.807) is 0 Å². The van der Waals surface area contributed by atoms with Crippen LogP contribution in [0.5, 0.6) is 0 Å². The molecule has 0 spiro atoms. The van der Waals surface area contributed by atoms with E-state index in [-0.39, 0.29) is 19.3 Å². The molecule has 0 saturated heterocycles. The summed E-state index contributed by atoms with van der Waals surface area (Å²) in [6, 6.07) is 0. The number of rotatable bonds is 5. The highest BCUT2D eigenvalue weighted by atomic mass is 16.5. The van der Waals surface area contributed by atoms with E-state index in [4.69, 9.17) is 14.9 Å². The van der Waals surface area contributed by atoms with Crippen molar-refractivity contribution in [3.05, 3.63) is 0 Å². The Labute approximate surface area is 86.1 Å². The van der Waals surface area contributed by atoms with Crippen LogP contribution in [0.4, 0.5) is 0 Å². The molecular formula is C11H22O3. The molecule has 0 aliphatic heterocycles. The summed E-state index contributed by atoms with van der Waals surface area (Å²) in [7, 11) is 0. The molecule has 0 aromatic rings. The van der Waals surface area contributed by atoms with Crippen LogP contribution in [0.3, 0.4) is 0 Å². The second-order valence-electron chi connectivity index (χ2n) is 4.27. The Hall–Kier alpha value is -0.120. The summed E-state index contributed by atoms with van der Waals surface area (Å²) in [6.45, 7) is 2.12. The zero-order valence-electron chi connectivity index (χ0n) is 8.98. The molecule has 3 nitrogen and oxygen atoms in total. The summed E-state index contributed by atoms with van der Waals surface area (Å²) in [5, 5.41) is 17.8. The van der Waals surface area contributed by atoms with Crippen LogP contribution in [-0.4, -0.2) is 35.6 Å². The third-order valence-electron chi connectivity index (χ3n) is 3.08. The van der Waals surface area contributed by atoms with E-state index in [0.29, 0.717) is 5.92 Å². The average Bonchev–Trinajstić information content (AvgIpc) is 2.26. The Bertz CT molecular complexity index is 143. The second-order valence-corrected chi connectivity index (χ2v) is 4.27. The fourth-order valence-electron chi connectivity index (χ4n) is 2.06. The Balaban J connectivity index is 2.16. The van der Waals surface area contributed by atoms with Crippen LogP contribution >= 0.6 is 0 Å². The van der Waals surface area contributed by atoms with Gasteiger partial charge in [0.25, 0.3) is 0 Å². The maximum Gasteiger partial charge on any atom is 0.100 e. The first-order valence-electron chi connectivity index (χ1n) is 5.64. The zero-order valence-corrected chi connectivity index (χ0v) is 8.98. The van der Waals surface area contributed by atoms with Gasteiger partial charge in [0.1, 0.15) is 6.10 Å². The van der Waals surface area contributed by atoms with Gasteiger partial charge in [0.2, 0.25) is 0 Å². The van der Waals surface area contributed by atoms with Crippen LogP contribution in [0.2, 0.25) is 0 Å². The van der Waals surface area contributed by atoms with Gasteiger partial charge < -0.3 is 14.9 Å². The van der Waals surface area contributed by atoms with Gasteiger partial charge in [-0.1, -0.05) is 19.3 Å². The Kier molecular flexibility index (Phi) is 5.45. The zero-order chi connectivity index (χ0) is 10.4. The lowest BCUT2D eigenvalue weighted by Crippen LogP contribution is -2.28. The molecule has 3 heteroatoms. The Morgan fingerprint density at radius 1 is 1.29 bits per heavy atom. The largest absolute Gasteiger partial charge is 0.394 e. The fraction of sp³-hybridized carbons (Fsp3) is 1.00. The van der Waals surface area contributed by atoms with E-state index in [0.717, 1.165) is 0 Å². The third kappa shape index (κ3) is 3.95. The minimum Gasteiger partial charge on any atom is -0.394 e. The fourth-order valence-corrected chi connectivity index (χ4v) is 2.06. The van der Waals surface area contributed by atoms with Crippen LogP contribution in [0.1, 0.15) is 39.0 Å². The van der Waals surface area contributed by atoms with Crippen molar-refractivity contribution in [3.63, 3.8) is 0 Å². The molecule has 14 heavy (non-hydrogen) atoms. The minimum absolute atomic E-state index is 0.211. The summed E-state index contributed by atoms with van der Waals surface area (Å²) in [5.74, 6) is 0.648. The van der Waals surface area contributed by atoms with Crippen molar-refractivity contribution in [2.75, 3.05) is 13.2 Å². The number of ether oxygens (including phenoxy) is 1. The quantitative estimate of drug-likeness (QED) is 0.707. The van der Waals surface area contributed by atoms with E-state index in [9.17, 15) is 0 Å². The van der Waals surface area contributed by atoms with Crippen LogP contribution < -0.4 is 0 Å². The van der Waals surface area contributed by atoms with Gasteiger partial charge in [0.05, 0.1) is 19.3 Å². The summed E-state index contributed by atoms with van der Waals surface area (Å²) < 4.78 is 5.52. The van der Waals surface area contributed by atoms with E-state index in [1.807, 2.05) is 0 Å². The molecule has 1 aliphatic rings. The van der Waals surface area contributed by atoms with Crippen molar-refractivity contribution in [2.24, 2.45) is 5.92 Å². The molecule has 0 aromatic carbocycles. The predicted octanol–water partition coefficient (Wildman–Crippen LogP) is 1.32. The molecule has 0 radical (unpaired) electrons. The minimum atomic E-state index is -0.721. The molecule has 0 amide bonds. The highest BCUT2D eigenvalue weighted by Gasteiger charge is 2.20. The summed E-state index contributed by atoms with van der Waals surface area (Å²) >= 11 is 0. The molecule has 1 aliphatic carbocycles. The van der Waals surface area contributed by atoms with Crippen molar-refractivity contribution >= 4 is 0 Å². The van der Waals surface area contributed by atoms with Crippen molar-refractivity contribution in [2.45, 2.75) is 51.2 Å². The molecule has 1 saturated carbocycles. The van der Waals surface area contributed by atoms with Crippen LogP contribution in [-0.2, 0) is 4.74 Å². The maximum absolute atomic E-state index is 9.13. The molecule has 2 atom stereocenters. The average molecular weight is 202 g/mol. The standard InChI is InChI=1S/C11H22O3/c1-9(14-8-11(13)7-12)10-5-3-2-4-6-10/h9-13H,2-8H2,1H3. The first-order valence-corrected chi connectivity index (χ1v) is 5.64. The smallest absolute Gasteiger partial charge is 0.100 e. The van der Waals surface area contributed by atoms with Crippen molar-refractivity contribution in [1.29, 1.82) is 0 Å². The van der Waals surface area contributed by atoms with Gasteiger partial charge in [0, 0.05) is 0 Å². The van der Waals surface area contributed by atoms with E-state index in [2.05, 4.69) is 6.92 Å². The first-order chi connectivity index (χ1) is 6.74. The van der Waals surface area contributed by atoms with Crippen molar-refractivity contribution in [3.8, 4) is 0 Å². The maximum atomic E-state index is 9.13. The molecule has 1 fully saturated rings. The number of hydrogen-bond donors (Lipinski definition) is 2. The van der Waals surface area contributed by atoms with E-state index in [1.165, 1.54) is 32.1 Å². The van der Waals surface area contributed by atoms with Gasteiger partial charge in [-0.3, -0.25) is 0 Å². The lowest BCUT2D eigenvalue weighted by Gasteiger charge is -2.28. The van der Waals surface area contributed by atoms with E-state index >= 15 is 0 Å². The lowest BCUT2D eigenvalue weighted by atomic mass is 9.86. The molecule has 2 N–H and O–H groups in total. The molecule has 0 aromatic heterocycles. The molecule has 0 bridgehead atoms. The first kappa shape index (κ1) is 12.0. The molecule has 0 heterocycles. The van der Waals surface area contributed by atoms with Crippen molar-refractivity contribution < 1.29 is 14.9 Å². The van der Waals surface area contributed by atoms with Crippen LogP contribution in [0, 0.1) is 5.92 Å². The topological polar surface area (TPSA) is 49.7 Å². The summed E-state index contributed by atoms with van der Waals surface area (Å²) in [6.07, 6.45) is 5.95. The highest BCUT2D eigenvalue weighted by molar-refractivity contribution is 4.71. The number of aliphatic hydroxyl groups is 2. The second kappa shape index (κ2) is 6.38. The number of aliphatic hydroxyl groups excluding tert-OH is 2. The van der Waals surface area contributed by atoms with Gasteiger partial charge in [-0.2, -0.15) is 0 Å². The Morgan fingerprint density at radius 3 is 2.50 bits per heavy atom. The summed E-state index contributed by atoms with van der Waals surface area (Å²) in [5.41, 5.74) is 0. The van der Waals surface area contributed by atoms with Crippen molar-refractivity contribution in [1.82, 2.24) is 0 Å². The van der Waals surface area contributed by atoms with Crippen LogP contribution in [0.15, 0.2) is 0 Å². The monoisotopic (exact) mass is 202 g/mol. The normalized spacial score (nSPS) is 23.4. The van der Waals surface area contributed by atoms with Crippen LogP contribution in [0.25, 0.3) is 0 Å². The van der Waals surface area contributed by atoms with Gasteiger partial charge in [-0.25, -0.2) is 0 Å².